The van der Waals surface area contributed by atoms with Crippen molar-refractivity contribution in [2.45, 2.75) is 13.0 Å². The summed E-state index contributed by atoms with van der Waals surface area (Å²) in [5.74, 6) is 0.350. The largest absolute Gasteiger partial charge is 0.496 e. The van der Waals surface area contributed by atoms with Crippen molar-refractivity contribution in [2.24, 2.45) is 0 Å². The average molecular weight is 339 g/mol. The maximum Gasteiger partial charge on any atom is 0.124 e. The molecular formula is C15H16BrFN2O. The van der Waals surface area contributed by atoms with E-state index in [1.807, 2.05) is 19.1 Å². The first-order valence-corrected chi connectivity index (χ1v) is 7.13. The summed E-state index contributed by atoms with van der Waals surface area (Å²) < 4.78 is 19.8. The Morgan fingerprint density at radius 2 is 2.15 bits per heavy atom. The van der Waals surface area contributed by atoms with Crippen molar-refractivity contribution in [3.8, 4) is 5.75 Å². The Morgan fingerprint density at radius 3 is 2.75 bits per heavy atom. The number of aromatic nitrogens is 1. The number of nitrogens with one attached hydrogen (secondary N) is 1. The minimum atomic E-state index is -0.291. The number of halogens is 2. The van der Waals surface area contributed by atoms with Crippen LogP contribution in [0.25, 0.3) is 0 Å². The summed E-state index contributed by atoms with van der Waals surface area (Å²) in [5, 5.41) is 3.31. The van der Waals surface area contributed by atoms with Crippen LogP contribution in [0, 0.1) is 5.82 Å². The van der Waals surface area contributed by atoms with Gasteiger partial charge in [-0.25, -0.2) is 4.39 Å². The Labute approximate surface area is 126 Å². The highest BCUT2D eigenvalue weighted by Gasteiger charge is 2.19. The highest BCUT2D eigenvalue weighted by Crippen LogP contribution is 2.30. The van der Waals surface area contributed by atoms with Gasteiger partial charge in [0.15, 0.2) is 0 Å². The van der Waals surface area contributed by atoms with Crippen molar-refractivity contribution >= 4 is 15.9 Å². The number of ether oxygens (including phenoxy) is 1. The molecule has 1 N–H and O–H groups in total. The van der Waals surface area contributed by atoms with E-state index in [0.717, 1.165) is 22.3 Å². The molecule has 0 bridgehead atoms. The molecule has 0 aliphatic rings. The van der Waals surface area contributed by atoms with Crippen molar-refractivity contribution in [3.05, 3.63) is 58.1 Å². The van der Waals surface area contributed by atoms with Gasteiger partial charge in [0.25, 0.3) is 0 Å². The van der Waals surface area contributed by atoms with Crippen molar-refractivity contribution in [3.63, 3.8) is 0 Å². The second kappa shape index (κ2) is 6.81. The van der Waals surface area contributed by atoms with Gasteiger partial charge >= 0.3 is 0 Å². The molecule has 0 aliphatic heterocycles. The van der Waals surface area contributed by atoms with Gasteiger partial charge in [-0.15, -0.1) is 0 Å². The van der Waals surface area contributed by atoms with E-state index in [1.54, 1.807) is 19.4 Å². The molecule has 1 heterocycles. The normalized spacial score (nSPS) is 12.2. The molecule has 1 aromatic carbocycles. The molecule has 0 saturated carbocycles. The Hall–Kier alpha value is -1.46. The van der Waals surface area contributed by atoms with Crippen LogP contribution in [0.3, 0.4) is 0 Å². The van der Waals surface area contributed by atoms with Crippen LogP contribution in [0.5, 0.6) is 5.75 Å². The smallest absolute Gasteiger partial charge is 0.124 e. The number of hydrogen-bond donors (Lipinski definition) is 1. The van der Waals surface area contributed by atoms with Crippen LogP contribution >= 0.6 is 15.9 Å². The van der Waals surface area contributed by atoms with Gasteiger partial charge in [-0.2, -0.15) is 0 Å². The van der Waals surface area contributed by atoms with E-state index >= 15 is 0 Å². The van der Waals surface area contributed by atoms with Crippen molar-refractivity contribution in [1.29, 1.82) is 0 Å². The van der Waals surface area contributed by atoms with Crippen LogP contribution in [0.4, 0.5) is 4.39 Å². The number of nitrogens with zero attached hydrogens (tertiary/aromatic N) is 1. The minimum Gasteiger partial charge on any atom is -0.496 e. The van der Waals surface area contributed by atoms with E-state index in [0.29, 0.717) is 5.75 Å². The molecule has 0 amide bonds. The summed E-state index contributed by atoms with van der Waals surface area (Å²) in [7, 11) is 1.58. The Balaban J connectivity index is 2.47. The maximum atomic E-state index is 13.6. The van der Waals surface area contributed by atoms with E-state index in [1.165, 1.54) is 12.1 Å². The number of pyridine rings is 1. The number of hydrogen-bond acceptors (Lipinski definition) is 3. The lowest BCUT2D eigenvalue weighted by atomic mass is 10.0. The monoisotopic (exact) mass is 338 g/mol. The van der Waals surface area contributed by atoms with Gasteiger partial charge < -0.3 is 10.1 Å². The zero-order valence-corrected chi connectivity index (χ0v) is 12.9. The fourth-order valence-electron chi connectivity index (χ4n) is 2.07. The van der Waals surface area contributed by atoms with Gasteiger partial charge in [0.2, 0.25) is 0 Å². The highest BCUT2D eigenvalue weighted by atomic mass is 79.9. The first-order valence-electron chi connectivity index (χ1n) is 6.34. The van der Waals surface area contributed by atoms with Crippen LogP contribution in [-0.2, 0) is 0 Å². The number of methoxy groups -OCH3 is 1. The lowest BCUT2D eigenvalue weighted by Gasteiger charge is -2.20. The van der Waals surface area contributed by atoms with Gasteiger partial charge in [0, 0.05) is 16.2 Å². The maximum absolute atomic E-state index is 13.6. The van der Waals surface area contributed by atoms with Crippen molar-refractivity contribution in [2.75, 3.05) is 13.7 Å². The third kappa shape index (κ3) is 3.35. The molecule has 0 fully saturated rings. The van der Waals surface area contributed by atoms with E-state index in [9.17, 15) is 4.39 Å². The second-order valence-electron chi connectivity index (χ2n) is 4.28. The third-order valence-electron chi connectivity index (χ3n) is 2.96. The van der Waals surface area contributed by atoms with Crippen LogP contribution in [0.2, 0.25) is 0 Å². The van der Waals surface area contributed by atoms with Crippen molar-refractivity contribution < 1.29 is 9.13 Å². The molecule has 0 aliphatic carbocycles. The average Bonchev–Trinajstić information content (AvgIpc) is 2.46. The molecule has 2 rings (SSSR count). The summed E-state index contributed by atoms with van der Waals surface area (Å²) in [4.78, 5) is 4.39. The number of benzene rings is 1. The lowest BCUT2D eigenvalue weighted by molar-refractivity contribution is 0.402. The second-order valence-corrected chi connectivity index (χ2v) is 5.19. The van der Waals surface area contributed by atoms with Crippen LogP contribution in [0.1, 0.15) is 24.2 Å². The molecule has 1 aromatic heterocycles. The van der Waals surface area contributed by atoms with Gasteiger partial charge in [-0.1, -0.05) is 6.92 Å². The fraction of sp³-hybridized carbons (Fsp3) is 0.267. The van der Waals surface area contributed by atoms with E-state index in [4.69, 9.17) is 4.74 Å². The van der Waals surface area contributed by atoms with Crippen LogP contribution in [-0.4, -0.2) is 18.6 Å². The lowest BCUT2D eigenvalue weighted by Crippen LogP contribution is -2.23. The molecule has 106 valence electrons. The van der Waals surface area contributed by atoms with Gasteiger partial charge in [0.1, 0.15) is 11.6 Å². The van der Waals surface area contributed by atoms with Crippen LogP contribution < -0.4 is 10.1 Å². The molecule has 0 saturated heterocycles. The van der Waals surface area contributed by atoms with Crippen molar-refractivity contribution in [1.82, 2.24) is 10.3 Å². The Bertz CT molecular complexity index is 575. The molecular weight excluding hydrogens is 323 g/mol. The van der Waals surface area contributed by atoms with Gasteiger partial charge in [0.05, 0.1) is 18.8 Å². The van der Waals surface area contributed by atoms with E-state index in [-0.39, 0.29) is 11.9 Å². The first kappa shape index (κ1) is 14.9. The molecule has 2 aromatic rings. The predicted octanol–water partition coefficient (Wildman–Crippen LogP) is 3.69. The molecule has 1 atom stereocenters. The summed E-state index contributed by atoms with van der Waals surface area (Å²) in [6.45, 7) is 2.74. The standard InChI is InChI=1S/C15H16BrFN2O/c1-3-18-15(13-6-4-10(16)9-19-13)12-8-11(17)5-7-14(12)20-2/h4-9,15,18H,3H2,1-2H3. The Morgan fingerprint density at radius 1 is 1.35 bits per heavy atom. The minimum absolute atomic E-state index is 0.209. The van der Waals surface area contributed by atoms with Gasteiger partial charge in [-0.3, -0.25) is 4.98 Å². The summed E-state index contributed by atoms with van der Waals surface area (Å²) in [5.41, 5.74) is 1.56. The molecule has 0 radical (unpaired) electrons. The molecule has 3 nitrogen and oxygen atoms in total. The highest BCUT2D eigenvalue weighted by molar-refractivity contribution is 9.10. The third-order valence-corrected chi connectivity index (χ3v) is 3.43. The molecule has 0 spiro atoms. The first-order chi connectivity index (χ1) is 9.65. The molecule has 5 heteroatoms. The van der Waals surface area contributed by atoms with E-state index < -0.39 is 0 Å². The zero-order valence-electron chi connectivity index (χ0n) is 11.4. The summed E-state index contributed by atoms with van der Waals surface area (Å²) in [6.07, 6.45) is 1.73. The zero-order chi connectivity index (χ0) is 14.5. The van der Waals surface area contributed by atoms with E-state index in [2.05, 4.69) is 26.2 Å². The quantitative estimate of drug-likeness (QED) is 0.902. The van der Waals surface area contributed by atoms with Crippen LogP contribution in [0.15, 0.2) is 41.0 Å². The predicted molar refractivity (Wildman–Crippen MR) is 80.4 cm³/mol. The summed E-state index contributed by atoms with van der Waals surface area (Å²) >= 11 is 3.36. The van der Waals surface area contributed by atoms with Gasteiger partial charge in [-0.05, 0) is 52.8 Å². The summed E-state index contributed by atoms with van der Waals surface area (Å²) in [6, 6.07) is 8.11. The molecule has 20 heavy (non-hydrogen) atoms. The SMILES string of the molecule is CCNC(c1ccc(Br)cn1)c1cc(F)ccc1OC. The molecule has 1 unspecified atom stereocenters. The Kier molecular flexibility index (Phi) is 5.09. The topological polar surface area (TPSA) is 34.2 Å². The number of rotatable bonds is 5. The fourth-order valence-corrected chi connectivity index (χ4v) is 2.30.